The summed E-state index contributed by atoms with van der Waals surface area (Å²) in [5.41, 5.74) is 10.9. The highest BCUT2D eigenvalue weighted by Crippen LogP contribution is 2.29. The molecule has 2 aromatic carbocycles. The van der Waals surface area contributed by atoms with Crippen LogP contribution in [0.4, 0.5) is 0 Å². The lowest BCUT2D eigenvalue weighted by Crippen LogP contribution is -2.32. The minimum absolute atomic E-state index is 0.0714. The number of nitrogens with two attached hydrogens (primary N) is 1. The molecule has 4 aromatic rings. The van der Waals surface area contributed by atoms with Crippen molar-refractivity contribution in [1.29, 1.82) is 0 Å². The Morgan fingerprint density at radius 1 is 1.12 bits per heavy atom. The molecule has 0 spiro atoms. The van der Waals surface area contributed by atoms with Crippen molar-refractivity contribution in [1.82, 2.24) is 30.2 Å². The third kappa shape index (κ3) is 5.09. The molecule has 3 N–H and O–H groups in total. The molecule has 0 unspecified atom stereocenters. The number of aryl methyl sites for hydroxylation is 2. The monoisotopic (exact) mass is 473 g/mol. The molecule has 0 aliphatic rings. The number of benzene rings is 2. The average Bonchev–Trinajstić information content (AvgIpc) is 3.38. The Kier molecular flexibility index (Phi) is 7.22. The van der Waals surface area contributed by atoms with E-state index >= 15 is 0 Å². The van der Waals surface area contributed by atoms with Gasteiger partial charge in [0.15, 0.2) is 0 Å². The zero-order valence-corrected chi connectivity index (χ0v) is 20.1. The van der Waals surface area contributed by atoms with Gasteiger partial charge in [0.1, 0.15) is 5.82 Å². The highest BCUT2D eigenvalue weighted by atomic mass is 32.1. The van der Waals surface area contributed by atoms with E-state index in [4.69, 9.17) is 22.9 Å². The van der Waals surface area contributed by atoms with Gasteiger partial charge in [0.2, 0.25) is 5.82 Å². The maximum Gasteiger partial charge on any atom is 0.257 e. The van der Waals surface area contributed by atoms with E-state index in [1.165, 1.54) is 0 Å². The van der Waals surface area contributed by atoms with E-state index in [1.807, 2.05) is 55.5 Å². The van der Waals surface area contributed by atoms with E-state index in [1.54, 1.807) is 4.57 Å². The van der Waals surface area contributed by atoms with Gasteiger partial charge < -0.3 is 5.73 Å². The van der Waals surface area contributed by atoms with Crippen molar-refractivity contribution in [3.63, 3.8) is 0 Å². The first kappa shape index (κ1) is 23.4. The van der Waals surface area contributed by atoms with Crippen molar-refractivity contribution in [2.75, 3.05) is 0 Å². The lowest BCUT2D eigenvalue weighted by atomic mass is 9.98. The number of hydrogen-bond donors (Lipinski definition) is 2. The summed E-state index contributed by atoms with van der Waals surface area (Å²) >= 11 is 5.06. The van der Waals surface area contributed by atoms with Crippen molar-refractivity contribution >= 4 is 17.2 Å². The summed E-state index contributed by atoms with van der Waals surface area (Å²) in [6.07, 6.45) is 2.99. The van der Waals surface area contributed by atoms with E-state index in [-0.39, 0.29) is 12.0 Å². The minimum atomic E-state index is -0.0714. The van der Waals surface area contributed by atoms with Crippen molar-refractivity contribution in [3.8, 4) is 22.5 Å². The number of nitrogens with one attached hydrogen (secondary N) is 1. The molecule has 0 bridgehead atoms. The Labute approximate surface area is 203 Å². The maximum absolute atomic E-state index is 13.4. The zero-order valence-electron chi connectivity index (χ0n) is 19.3. The van der Waals surface area contributed by atoms with E-state index < -0.39 is 0 Å². The molecule has 0 aliphatic heterocycles. The number of nitrogens with zero attached hydrogens (tertiary/aromatic N) is 5. The van der Waals surface area contributed by atoms with Crippen LogP contribution in [-0.4, -0.2) is 35.2 Å². The van der Waals surface area contributed by atoms with Gasteiger partial charge in [0.25, 0.3) is 5.56 Å². The Bertz CT molecular complexity index is 1340. The highest BCUT2D eigenvalue weighted by molar-refractivity contribution is 7.80. The van der Waals surface area contributed by atoms with Crippen LogP contribution in [-0.2, 0) is 19.4 Å². The van der Waals surface area contributed by atoms with Crippen molar-refractivity contribution in [3.05, 3.63) is 81.5 Å². The van der Waals surface area contributed by atoms with E-state index in [0.29, 0.717) is 28.6 Å². The maximum atomic E-state index is 13.4. The van der Waals surface area contributed by atoms with Crippen molar-refractivity contribution in [2.24, 2.45) is 5.73 Å². The first-order valence-corrected chi connectivity index (χ1v) is 11.7. The Balaban J connectivity index is 1.68. The molecule has 0 amide bonds. The smallest absolute Gasteiger partial charge is 0.257 e. The molecule has 0 saturated heterocycles. The number of aromatic nitrogens is 6. The molecule has 0 saturated carbocycles. The van der Waals surface area contributed by atoms with Crippen LogP contribution in [0.1, 0.15) is 42.4 Å². The van der Waals surface area contributed by atoms with Crippen molar-refractivity contribution < 1.29 is 0 Å². The van der Waals surface area contributed by atoms with Gasteiger partial charge in [-0.2, -0.15) is 5.21 Å². The SMILES string of the molecule is CCCCc1nc(C)c(CC(N)=S)c(=O)n1Cc1ccc(-c2ccccc2-c2nn[nH]n2)cc1. The van der Waals surface area contributed by atoms with Crippen LogP contribution in [0.15, 0.2) is 53.3 Å². The van der Waals surface area contributed by atoms with E-state index in [2.05, 4.69) is 27.5 Å². The average molecular weight is 474 g/mol. The summed E-state index contributed by atoms with van der Waals surface area (Å²) in [7, 11) is 0. The lowest BCUT2D eigenvalue weighted by molar-refractivity contribution is 0.626. The van der Waals surface area contributed by atoms with Gasteiger partial charge >= 0.3 is 0 Å². The molecule has 0 radical (unpaired) electrons. The quantitative estimate of drug-likeness (QED) is 0.357. The fraction of sp³-hybridized carbons (Fsp3) is 0.280. The fourth-order valence-corrected chi connectivity index (χ4v) is 4.15. The normalized spacial score (nSPS) is 11.0. The van der Waals surface area contributed by atoms with Crippen LogP contribution in [0.25, 0.3) is 22.5 Å². The van der Waals surface area contributed by atoms with Gasteiger partial charge in [-0.25, -0.2) is 4.98 Å². The van der Waals surface area contributed by atoms with Gasteiger partial charge in [-0.3, -0.25) is 9.36 Å². The standard InChI is InChI=1S/C25H27N7OS/c1-3-4-9-23-27-16(2)21(14-22(26)34)25(33)32(23)15-17-10-12-18(13-11-17)19-7-5-6-8-20(19)24-28-30-31-29-24/h5-8,10-13H,3-4,9,14-15H2,1-2H3,(H2,26,34)(H,28,29,30,31). The molecule has 0 aliphatic carbocycles. The van der Waals surface area contributed by atoms with Crippen LogP contribution < -0.4 is 11.3 Å². The molecule has 9 heteroatoms. The predicted octanol–water partition coefficient (Wildman–Crippen LogP) is 3.62. The molecule has 174 valence electrons. The number of rotatable bonds is 9. The summed E-state index contributed by atoms with van der Waals surface area (Å²) in [4.78, 5) is 18.4. The van der Waals surface area contributed by atoms with E-state index in [0.717, 1.165) is 47.3 Å². The summed E-state index contributed by atoms with van der Waals surface area (Å²) in [5, 5.41) is 14.4. The van der Waals surface area contributed by atoms with Crippen LogP contribution in [0.5, 0.6) is 0 Å². The van der Waals surface area contributed by atoms with Crippen LogP contribution >= 0.6 is 12.2 Å². The number of hydrogen-bond acceptors (Lipinski definition) is 6. The van der Waals surface area contributed by atoms with Crippen LogP contribution in [0, 0.1) is 6.92 Å². The summed E-state index contributed by atoms with van der Waals surface area (Å²) in [6, 6.07) is 16.1. The van der Waals surface area contributed by atoms with E-state index in [9.17, 15) is 4.79 Å². The van der Waals surface area contributed by atoms with Gasteiger partial charge in [0, 0.05) is 29.7 Å². The molecule has 0 fully saturated rings. The van der Waals surface area contributed by atoms with Crippen LogP contribution in [0.3, 0.4) is 0 Å². The number of thiocarbonyl (C=S) groups is 1. The molecule has 8 nitrogen and oxygen atoms in total. The zero-order chi connectivity index (χ0) is 24.1. The Morgan fingerprint density at radius 2 is 1.85 bits per heavy atom. The lowest BCUT2D eigenvalue weighted by Gasteiger charge is -2.16. The summed E-state index contributed by atoms with van der Waals surface area (Å²) in [5.74, 6) is 1.34. The first-order chi connectivity index (χ1) is 16.5. The third-order valence-corrected chi connectivity index (χ3v) is 5.92. The topological polar surface area (TPSA) is 115 Å². The summed E-state index contributed by atoms with van der Waals surface area (Å²) < 4.78 is 1.76. The number of unbranched alkanes of at least 4 members (excludes halogenated alkanes) is 1. The molecule has 4 rings (SSSR count). The minimum Gasteiger partial charge on any atom is -0.393 e. The highest BCUT2D eigenvalue weighted by Gasteiger charge is 2.16. The van der Waals surface area contributed by atoms with Gasteiger partial charge in [-0.1, -0.05) is 74.1 Å². The van der Waals surface area contributed by atoms with Crippen LogP contribution in [0.2, 0.25) is 0 Å². The largest absolute Gasteiger partial charge is 0.393 e. The molecule has 0 atom stereocenters. The number of H-pyrrole nitrogens is 1. The Morgan fingerprint density at radius 3 is 2.50 bits per heavy atom. The summed E-state index contributed by atoms with van der Waals surface area (Å²) in [6.45, 7) is 4.41. The molecular weight excluding hydrogens is 446 g/mol. The second-order valence-electron chi connectivity index (χ2n) is 8.21. The Hall–Kier alpha value is -3.72. The second-order valence-corrected chi connectivity index (χ2v) is 8.73. The van der Waals surface area contributed by atoms with Gasteiger partial charge in [-0.05, 0) is 35.2 Å². The van der Waals surface area contributed by atoms with Gasteiger partial charge in [-0.15, -0.1) is 10.2 Å². The van der Waals surface area contributed by atoms with Gasteiger partial charge in [0.05, 0.1) is 11.5 Å². The number of aromatic amines is 1. The first-order valence-electron chi connectivity index (χ1n) is 11.3. The third-order valence-electron chi connectivity index (χ3n) is 5.77. The predicted molar refractivity (Wildman–Crippen MR) is 136 cm³/mol. The molecular formula is C25H27N7OS. The van der Waals surface area contributed by atoms with Crippen molar-refractivity contribution in [2.45, 2.75) is 46.1 Å². The molecule has 34 heavy (non-hydrogen) atoms. The molecule has 2 heterocycles. The molecule has 2 aromatic heterocycles. The fourth-order valence-electron chi connectivity index (χ4n) is 4.00. The number of tetrazole rings is 1. The second kappa shape index (κ2) is 10.5.